The van der Waals surface area contributed by atoms with Crippen LogP contribution in [-0.2, 0) is 6.54 Å². The second-order valence-electron chi connectivity index (χ2n) is 2.51. The summed E-state index contributed by atoms with van der Waals surface area (Å²) in [7, 11) is 0. The van der Waals surface area contributed by atoms with Crippen LogP contribution in [0.25, 0.3) is 0 Å². The van der Waals surface area contributed by atoms with Gasteiger partial charge in [0.05, 0.1) is 0 Å². The Balaban J connectivity index is 2.69. The second-order valence-corrected chi connectivity index (χ2v) is 2.51. The van der Waals surface area contributed by atoms with Gasteiger partial charge >= 0.3 is 0 Å². The molecule has 1 rings (SSSR count). The van der Waals surface area contributed by atoms with Gasteiger partial charge in [-0.15, -0.1) is 6.58 Å². The van der Waals surface area contributed by atoms with Crippen molar-refractivity contribution in [3.8, 4) is 0 Å². The van der Waals surface area contributed by atoms with Crippen LogP contribution in [0.1, 0.15) is 18.1 Å². The molecule has 0 aliphatic carbocycles. The van der Waals surface area contributed by atoms with E-state index >= 15 is 0 Å². The molecular weight excluding hydrogens is 138 g/mol. The zero-order valence-electron chi connectivity index (χ0n) is 7.04. The van der Waals surface area contributed by atoms with Crippen LogP contribution in [0.5, 0.6) is 0 Å². The van der Waals surface area contributed by atoms with Crippen LogP contribution in [-0.4, -0.2) is 14.8 Å². The molecule has 0 saturated heterocycles. The van der Waals surface area contributed by atoms with Crippen molar-refractivity contribution in [2.24, 2.45) is 0 Å². The summed E-state index contributed by atoms with van der Waals surface area (Å²) in [6.07, 6.45) is 2.83. The Morgan fingerprint density at radius 2 is 2.27 bits per heavy atom. The summed E-state index contributed by atoms with van der Waals surface area (Å²) in [4.78, 5) is 4.18. The SMILES string of the molecule is C=CCCn1nc(C)nc1C. The lowest BCUT2D eigenvalue weighted by atomic mass is 10.4. The van der Waals surface area contributed by atoms with Gasteiger partial charge in [0.25, 0.3) is 0 Å². The zero-order valence-corrected chi connectivity index (χ0v) is 7.04. The first kappa shape index (κ1) is 7.98. The smallest absolute Gasteiger partial charge is 0.147 e. The van der Waals surface area contributed by atoms with Crippen molar-refractivity contribution in [3.05, 3.63) is 24.3 Å². The molecule has 11 heavy (non-hydrogen) atoms. The van der Waals surface area contributed by atoms with Gasteiger partial charge in [0.15, 0.2) is 0 Å². The molecule has 0 unspecified atom stereocenters. The highest BCUT2D eigenvalue weighted by Crippen LogP contribution is 1.97. The zero-order chi connectivity index (χ0) is 8.27. The minimum atomic E-state index is 0.839. The van der Waals surface area contributed by atoms with E-state index in [0.717, 1.165) is 24.6 Å². The maximum atomic E-state index is 4.21. The third-order valence-corrected chi connectivity index (χ3v) is 1.51. The Labute approximate surface area is 66.8 Å². The Morgan fingerprint density at radius 1 is 1.55 bits per heavy atom. The van der Waals surface area contributed by atoms with E-state index in [9.17, 15) is 0 Å². The van der Waals surface area contributed by atoms with Crippen LogP contribution in [0.2, 0.25) is 0 Å². The van der Waals surface area contributed by atoms with Gasteiger partial charge in [-0.3, -0.25) is 0 Å². The van der Waals surface area contributed by atoms with Gasteiger partial charge in [0.1, 0.15) is 11.6 Å². The molecule has 0 atom stereocenters. The minimum absolute atomic E-state index is 0.839. The average Bonchev–Trinajstić information content (AvgIpc) is 2.26. The summed E-state index contributed by atoms with van der Waals surface area (Å²) in [6.45, 7) is 8.40. The van der Waals surface area contributed by atoms with E-state index in [0.29, 0.717) is 0 Å². The fraction of sp³-hybridized carbons (Fsp3) is 0.500. The first-order valence-corrected chi connectivity index (χ1v) is 3.73. The molecule has 0 N–H and O–H groups in total. The molecule has 0 aliphatic heterocycles. The largest absolute Gasteiger partial charge is 0.250 e. The van der Waals surface area contributed by atoms with E-state index in [-0.39, 0.29) is 0 Å². The third kappa shape index (κ3) is 1.90. The lowest BCUT2D eigenvalue weighted by Crippen LogP contribution is -2.01. The first-order chi connectivity index (χ1) is 5.24. The van der Waals surface area contributed by atoms with Crippen LogP contribution in [0, 0.1) is 13.8 Å². The van der Waals surface area contributed by atoms with Crippen LogP contribution in [0.4, 0.5) is 0 Å². The number of hydrogen-bond acceptors (Lipinski definition) is 2. The number of hydrogen-bond donors (Lipinski definition) is 0. The predicted octanol–water partition coefficient (Wildman–Crippen LogP) is 1.47. The molecule has 0 radical (unpaired) electrons. The van der Waals surface area contributed by atoms with E-state index in [1.807, 2.05) is 24.6 Å². The average molecular weight is 151 g/mol. The highest BCUT2D eigenvalue weighted by atomic mass is 15.3. The van der Waals surface area contributed by atoms with Gasteiger partial charge in [-0.2, -0.15) is 5.10 Å². The third-order valence-electron chi connectivity index (χ3n) is 1.51. The lowest BCUT2D eigenvalue weighted by molar-refractivity contribution is 0.600. The number of aryl methyl sites for hydroxylation is 3. The molecule has 60 valence electrons. The molecule has 0 saturated carbocycles. The molecule has 3 nitrogen and oxygen atoms in total. The molecule has 1 heterocycles. The predicted molar refractivity (Wildman–Crippen MR) is 44.3 cm³/mol. The van der Waals surface area contributed by atoms with Crippen molar-refractivity contribution in [2.45, 2.75) is 26.8 Å². The van der Waals surface area contributed by atoms with E-state index in [2.05, 4.69) is 16.7 Å². The van der Waals surface area contributed by atoms with Gasteiger partial charge in [-0.1, -0.05) is 6.08 Å². The summed E-state index contributed by atoms with van der Waals surface area (Å²) in [5.41, 5.74) is 0. The van der Waals surface area contributed by atoms with Gasteiger partial charge < -0.3 is 0 Å². The van der Waals surface area contributed by atoms with Crippen LogP contribution in [0.3, 0.4) is 0 Å². The Morgan fingerprint density at radius 3 is 2.73 bits per heavy atom. The van der Waals surface area contributed by atoms with E-state index in [1.165, 1.54) is 0 Å². The highest BCUT2D eigenvalue weighted by molar-refractivity contribution is 4.87. The quantitative estimate of drug-likeness (QED) is 0.612. The topological polar surface area (TPSA) is 30.7 Å². The van der Waals surface area contributed by atoms with Crippen LogP contribution in [0.15, 0.2) is 12.7 Å². The molecule has 1 aromatic heterocycles. The van der Waals surface area contributed by atoms with Crippen LogP contribution < -0.4 is 0 Å². The first-order valence-electron chi connectivity index (χ1n) is 3.73. The summed E-state index contributed by atoms with van der Waals surface area (Å²) in [5, 5.41) is 4.21. The summed E-state index contributed by atoms with van der Waals surface area (Å²) in [5.74, 6) is 1.82. The maximum absolute atomic E-state index is 4.21. The lowest BCUT2D eigenvalue weighted by Gasteiger charge is -1.97. The fourth-order valence-corrected chi connectivity index (χ4v) is 0.987. The van der Waals surface area contributed by atoms with Crippen molar-refractivity contribution < 1.29 is 0 Å². The molecule has 0 amide bonds. The molecule has 1 aromatic rings. The Hall–Kier alpha value is -1.12. The number of rotatable bonds is 3. The number of aromatic nitrogens is 3. The molecule has 0 aromatic carbocycles. The fourth-order valence-electron chi connectivity index (χ4n) is 0.987. The van der Waals surface area contributed by atoms with Crippen molar-refractivity contribution in [1.29, 1.82) is 0 Å². The Bertz CT molecular complexity index is 250. The molecule has 3 heteroatoms. The summed E-state index contributed by atoms with van der Waals surface area (Å²) in [6, 6.07) is 0. The van der Waals surface area contributed by atoms with Crippen molar-refractivity contribution in [3.63, 3.8) is 0 Å². The monoisotopic (exact) mass is 151 g/mol. The molecule has 0 fully saturated rings. The van der Waals surface area contributed by atoms with Crippen molar-refractivity contribution >= 4 is 0 Å². The van der Waals surface area contributed by atoms with Gasteiger partial charge in [0.2, 0.25) is 0 Å². The van der Waals surface area contributed by atoms with Crippen molar-refractivity contribution in [1.82, 2.24) is 14.8 Å². The molecule has 0 spiro atoms. The normalized spacial score (nSPS) is 10.0. The van der Waals surface area contributed by atoms with Gasteiger partial charge in [-0.25, -0.2) is 9.67 Å². The second kappa shape index (κ2) is 3.32. The summed E-state index contributed by atoms with van der Waals surface area (Å²) < 4.78 is 1.90. The molecule has 0 bridgehead atoms. The van der Waals surface area contributed by atoms with Gasteiger partial charge in [-0.05, 0) is 20.3 Å². The van der Waals surface area contributed by atoms with Gasteiger partial charge in [0, 0.05) is 6.54 Å². The molecular formula is C8H13N3. The van der Waals surface area contributed by atoms with E-state index < -0.39 is 0 Å². The highest BCUT2D eigenvalue weighted by Gasteiger charge is 1.99. The minimum Gasteiger partial charge on any atom is -0.250 e. The maximum Gasteiger partial charge on any atom is 0.147 e. The van der Waals surface area contributed by atoms with E-state index in [4.69, 9.17) is 0 Å². The summed E-state index contributed by atoms with van der Waals surface area (Å²) >= 11 is 0. The number of allylic oxidation sites excluding steroid dienone is 1. The standard InChI is InChI=1S/C8H13N3/c1-4-5-6-11-8(3)9-7(2)10-11/h4H,1,5-6H2,2-3H3. The van der Waals surface area contributed by atoms with E-state index in [1.54, 1.807) is 0 Å². The Kier molecular flexibility index (Phi) is 2.41. The van der Waals surface area contributed by atoms with Crippen molar-refractivity contribution in [2.75, 3.05) is 0 Å². The van der Waals surface area contributed by atoms with Crippen LogP contribution >= 0.6 is 0 Å². The number of nitrogens with zero attached hydrogens (tertiary/aromatic N) is 3. The molecule has 0 aliphatic rings.